The summed E-state index contributed by atoms with van der Waals surface area (Å²) in [6.45, 7) is 4.03. The van der Waals surface area contributed by atoms with Crippen molar-refractivity contribution in [3.05, 3.63) is 76.5 Å². The highest BCUT2D eigenvalue weighted by Crippen LogP contribution is 2.28. The van der Waals surface area contributed by atoms with E-state index < -0.39 is 0 Å². The Balaban J connectivity index is 2.42. The summed E-state index contributed by atoms with van der Waals surface area (Å²) in [5.74, 6) is -0.253. The maximum absolute atomic E-state index is 13.0. The third-order valence-electron chi connectivity index (χ3n) is 2.38. The van der Waals surface area contributed by atoms with Crippen LogP contribution in [0.1, 0.15) is 11.1 Å². The van der Waals surface area contributed by atoms with Gasteiger partial charge >= 0.3 is 0 Å². The van der Waals surface area contributed by atoms with E-state index in [4.69, 9.17) is 0 Å². The van der Waals surface area contributed by atoms with Crippen molar-refractivity contribution >= 4 is 21.5 Å². The average Bonchev–Trinajstić information content (AvgIpc) is 2.29. The Labute approximate surface area is 103 Å². The Morgan fingerprint density at radius 2 is 1.75 bits per heavy atom. The number of halogens is 2. The third-order valence-corrected chi connectivity index (χ3v) is 3.03. The number of hydrogen-bond donors (Lipinski definition) is 0. The van der Waals surface area contributed by atoms with Crippen molar-refractivity contribution < 1.29 is 4.39 Å². The van der Waals surface area contributed by atoms with Gasteiger partial charge in [-0.15, -0.1) is 0 Å². The van der Waals surface area contributed by atoms with Gasteiger partial charge in [-0.2, -0.15) is 0 Å². The molecular formula is C14H10BrF. The lowest BCUT2D eigenvalue weighted by atomic mass is 10.00. The van der Waals surface area contributed by atoms with Crippen LogP contribution in [0, 0.1) is 5.82 Å². The molecule has 16 heavy (non-hydrogen) atoms. The summed E-state index contributed by atoms with van der Waals surface area (Å²) in [6, 6.07) is 14.5. The smallest absolute Gasteiger partial charge is 0.124 e. The van der Waals surface area contributed by atoms with Crippen LogP contribution in [-0.2, 0) is 0 Å². The molecule has 0 amide bonds. The maximum atomic E-state index is 13.0. The highest BCUT2D eigenvalue weighted by atomic mass is 79.9. The second-order valence-electron chi connectivity index (χ2n) is 3.47. The Bertz CT molecular complexity index is 518. The largest absolute Gasteiger partial charge is 0.207 e. The van der Waals surface area contributed by atoms with Crippen LogP contribution in [0.3, 0.4) is 0 Å². The van der Waals surface area contributed by atoms with E-state index in [9.17, 15) is 4.39 Å². The van der Waals surface area contributed by atoms with Gasteiger partial charge in [0.25, 0.3) is 0 Å². The van der Waals surface area contributed by atoms with E-state index in [0.29, 0.717) is 0 Å². The molecular weight excluding hydrogens is 267 g/mol. The molecule has 0 bridgehead atoms. The lowest BCUT2D eigenvalue weighted by Crippen LogP contribution is -1.88. The molecule has 0 atom stereocenters. The second-order valence-corrected chi connectivity index (χ2v) is 4.32. The van der Waals surface area contributed by atoms with Crippen molar-refractivity contribution in [2.75, 3.05) is 0 Å². The zero-order valence-electron chi connectivity index (χ0n) is 8.58. The van der Waals surface area contributed by atoms with Crippen LogP contribution in [-0.4, -0.2) is 0 Å². The zero-order chi connectivity index (χ0) is 11.5. The molecule has 0 spiro atoms. The standard InChI is InChI=1S/C14H10BrF/c1-10(11-5-3-2-4-6-11)13-8-7-12(16)9-14(13)15/h2-9H,1H2. The van der Waals surface area contributed by atoms with Gasteiger partial charge in [-0.1, -0.05) is 58.9 Å². The first-order chi connectivity index (χ1) is 7.68. The third kappa shape index (κ3) is 2.22. The van der Waals surface area contributed by atoms with Gasteiger partial charge in [0.15, 0.2) is 0 Å². The molecule has 0 aliphatic heterocycles. The molecule has 0 heterocycles. The van der Waals surface area contributed by atoms with E-state index >= 15 is 0 Å². The van der Waals surface area contributed by atoms with Gasteiger partial charge in [-0.25, -0.2) is 4.39 Å². The fourth-order valence-corrected chi connectivity index (χ4v) is 2.12. The number of benzene rings is 2. The van der Waals surface area contributed by atoms with E-state index in [1.54, 1.807) is 6.07 Å². The lowest BCUT2D eigenvalue weighted by molar-refractivity contribution is 0.627. The minimum atomic E-state index is -0.253. The van der Waals surface area contributed by atoms with Gasteiger partial charge in [-0.3, -0.25) is 0 Å². The van der Waals surface area contributed by atoms with Gasteiger partial charge in [0, 0.05) is 4.47 Å². The predicted molar refractivity (Wildman–Crippen MR) is 68.7 cm³/mol. The second kappa shape index (κ2) is 4.62. The minimum Gasteiger partial charge on any atom is -0.207 e. The highest BCUT2D eigenvalue weighted by molar-refractivity contribution is 9.10. The quantitative estimate of drug-likeness (QED) is 0.749. The van der Waals surface area contributed by atoms with Crippen molar-refractivity contribution in [1.82, 2.24) is 0 Å². The summed E-state index contributed by atoms with van der Waals surface area (Å²) in [6.07, 6.45) is 0. The first kappa shape index (κ1) is 11.1. The van der Waals surface area contributed by atoms with Gasteiger partial charge in [0.05, 0.1) is 0 Å². The monoisotopic (exact) mass is 276 g/mol. The van der Waals surface area contributed by atoms with Crippen LogP contribution < -0.4 is 0 Å². The van der Waals surface area contributed by atoms with Crippen molar-refractivity contribution in [3.8, 4) is 0 Å². The molecule has 0 aliphatic rings. The molecule has 2 heteroatoms. The van der Waals surface area contributed by atoms with E-state index in [0.717, 1.165) is 21.2 Å². The Morgan fingerprint density at radius 3 is 2.38 bits per heavy atom. The molecule has 80 valence electrons. The number of rotatable bonds is 2. The minimum absolute atomic E-state index is 0.253. The summed E-state index contributed by atoms with van der Waals surface area (Å²) in [5.41, 5.74) is 2.83. The first-order valence-corrected chi connectivity index (χ1v) is 5.67. The summed E-state index contributed by atoms with van der Waals surface area (Å²) in [5, 5.41) is 0. The average molecular weight is 277 g/mol. The molecule has 0 saturated carbocycles. The SMILES string of the molecule is C=C(c1ccccc1)c1ccc(F)cc1Br. The number of hydrogen-bond acceptors (Lipinski definition) is 0. The molecule has 0 unspecified atom stereocenters. The fourth-order valence-electron chi connectivity index (χ4n) is 1.53. The van der Waals surface area contributed by atoms with Crippen LogP contribution in [0.2, 0.25) is 0 Å². The topological polar surface area (TPSA) is 0 Å². The summed E-state index contributed by atoms with van der Waals surface area (Å²) < 4.78 is 13.7. The van der Waals surface area contributed by atoms with Gasteiger partial charge in [0.1, 0.15) is 5.82 Å². The fraction of sp³-hybridized carbons (Fsp3) is 0. The molecule has 0 saturated heterocycles. The van der Waals surface area contributed by atoms with Crippen LogP contribution in [0.5, 0.6) is 0 Å². The molecule has 2 rings (SSSR count). The van der Waals surface area contributed by atoms with Crippen LogP contribution in [0.25, 0.3) is 5.57 Å². The molecule has 0 N–H and O–H groups in total. The van der Waals surface area contributed by atoms with E-state index in [-0.39, 0.29) is 5.82 Å². The van der Waals surface area contributed by atoms with Gasteiger partial charge < -0.3 is 0 Å². The van der Waals surface area contributed by atoms with Gasteiger partial charge in [-0.05, 0) is 28.8 Å². The summed E-state index contributed by atoms with van der Waals surface area (Å²) in [7, 11) is 0. The molecule has 0 fully saturated rings. The van der Waals surface area contributed by atoms with Crippen molar-refractivity contribution in [2.24, 2.45) is 0 Å². The van der Waals surface area contributed by atoms with E-state index in [1.165, 1.54) is 12.1 Å². The van der Waals surface area contributed by atoms with Crippen molar-refractivity contribution in [2.45, 2.75) is 0 Å². The first-order valence-electron chi connectivity index (χ1n) is 4.88. The van der Waals surface area contributed by atoms with Crippen molar-refractivity contribution in [3.63, 3.8) is 0 Å². The maximum Gasteiger partial charge on any atom is 0.124 e. The Hall–Kier alpha value is -1.41. The Morgan fingerprint density at radius 1 is 1.06 bits per heavy atom. The van der Waals surface area contributed by atoms with Gasteiger partial charge in [0.2, 0.25) is 0 Å². The molecule has 0 aliphatic carbocycles. The highest BCUT2D eigenvalue weighted by Gasteiger charge is 2.06. The lowest BCUT2D eigenvalue weighted by Gasteiger charge is -2.08. The molecule has 2 aromatic carbocycles. The molecule has 2 aromatic rings. The summed E-state index contributed by atoms with van der Waals surface area (Å²) >= 11 is 3.34. The zero-order valence-corrected chi connectivity index (χ0v) is 10.2. The van der Waals surface area contributed by atoms with Crippen LogP contribution in [0.15, 0.2) is 59.6 Å². The van der Waals surface area contributed by atoms with Crippen LogP contribution in [0.4, 0.5) is 4.39 Å². The molecule has 0 radical (unpaired) electrons. The normalized spacial score (nSPS) is 10.1. The predicted octanol–water partition coefficient (Wildman–Crippen LogP) is 4.65. The van der Waals surface area contributed by atoms with Crippen LogP contribution >= 0.6 is 15.9 Å². The van der Waals surface area contributed by atoms with E-state index in [1.807, 2.05) is 30.3 Å². The summed E-state index contributed by atoms with van der Waals surface area (Å²) in [4.78, 5) is 0. The molecule has 0 aromatic heterocycles. The van der Waals surface area contributed by atoms with E-state index in [2.05, 4.69) is 22.5 Å². The molecule has 0 nitrogen and oxygen atoms in total. The Kier molecular flexibility index (Phi) is 3.20. The van der Waals surface area contributed by atoms with Crippen molar-refractivity contribution in [1.29, 1.82) is 0 Å².